The Bertz CT molecular complexity index is 395. The molecule has 0 saturated carbocycles. The van der Waals surface area contributed by atoms with E-state index in [9.17, 15) is 10.2 Å². The molecule has 1 rings (SSSR count). The first kappa shape index (κ1) is 15.2. The number of phenolic OH excluding ortho intramolecular Hbond substituents is 1. The number of aliphatic hydroxyl groups is 1. The molecule has 0 saturated heterocycles. The van der Waals surface area contributed by atoms with Crippen LogP contribution >= 0.6 is 11.6 Å². The highest BCUT2D eigenvalue weighted by atomic mass is 35.5. The molecule has 0 amide bonds. The fourth-order valence-electron chi connectivity index (χ4n) is 1.87. The highest BCUT2D eigenvalue weighted by Gasteiger charge is 2.20. The van der Waals surface area contributed by atoms with Crippen LogP contribution in [0.1, 0.15) is 12.5 Å². The van der Waals surface area contributed by atoms with E-state index in [2.05, 4.69) is 5.32 Å². The van der Waals surface area contributed by atoms with Crippen molar-refractivity contribution in [3.05, 3.63) is 28.8 Å². The zero-order chi connectivity index (χ0) is 13.8. The van der Waals surface area contributed by atoms with E-state index in [1.54, 1.807) is 25.1 Å². The Labute approximate surface area is 113 Å². The molecule has 0 bridgehead atoms. The number of nitrogens with zero attached hydrogens (tertiary/aromatic N) is 1. The number of nitrogens with one attached hydrogen (secondary N) is 1. The molecule has 1 unspecified atom stereocenters. The lowest BCUT2D eigenvalue weighted by Gasteiger charge is -2.27. The van der Waals surface area contributed by atoms with Crippen LogP contribution in [0.3, 0.4) is 0 Å². The smallest absolute Gasteiger partial charge is 0.134 e. The van der Waals surface area contributed by atoms with Crippen LogP contribution in [0.5, 0.6) is 5.75 Å². The first-order chi connectivity index (χ1) is 8.30. The maximum atomic E-state index is 10.1. The summed E-state index contributed by atoms with van der Waals surface area (Å²) in [4.78, 5) is 1.94. The number of phenols is 1. The van der Waals surface area contributed by atoms with Crippen LogP contribution in [-0.2, 0) is 6.54 Å². The van der Waals surface area contributed by atoms with Crippen molar-refractivity contribution in [1.82, 2.24) is 10.2 Å². The summed E-state index contributed by atoms with van der Waals surface area (Å²) in [6.07, 6.45) is 0. The zero-order valence-corrected chi connectivity index (χ0v) is 11.8. The summed E-state index contributed by atoms with van der Waals surface area (Å²) in [5.41, 5.74) is 0.197. The highest BCUT2D eigenvalue weighted by molar-refractivity contribution is 6.32. The molecule has 0 fully saturated rings. The second kappa shape index (κ2) is 6.38. The van der Waals surface area contributed by atoms with Gasteiger partial charge in [0.2, 0.25) is 0 Å². The van der Waals surface area contributed by atoms with Crippen molar-refractivity contribution >= 4 is 11.6 Å². The Kier molecular flexibility index (Phi) is 5.41. The number of hydrogen-bond acceptors (Lipinski definition) is 4. The largest absolute Gasteiger partial charge is 0.506 e. The molecule has 0 aliphatic carbocycles. The minimum Gasteiger partial charge on any atom is -0.506 e. The molecule has 0 heterocycles. The lowest BCUT2D eigenvalue weighted by molar-refractivity contribution is 0.0336. The third-order valence-electron chi connectivity index (χ3n) is 2.50. The Morgan fingerprint density at radius 2 is 2.06 bits per heavy atom. The van der Waals surface area contributed by atoms with Crippen LogP contribution < -0.4 is 5.32 Å². The summed E-state index contributed by atoms with van der Waals surface area (Å²) in [5, 5.41) is 22.9. The van der Waals surface area contributed by atoms with Gasteiger partial charge in [-0.2, -0.15) is 0 Å². The maximum Gasteiger partial charge on any atom is 0.134 e. The molecule has 0 radical (unpaired) electrons. The monoisotopic (exact) mass is 272 g/mol. The minimum absolute atomic E-state index is 0.0834. The Hall–Kier alpha value is -0.810. The maximum absolute atomic E-state index is 10.1. The molecule has 0 spiro atoms. The third kappa shape index (κ3) is 5.23. The van der Waals surface area contributed by atoms with Gasteiger partial charge in [0, 0.05) is 19.6 Å². The Morgan fingerprint density at radius 3 is 2.61 bits per heavy atom. The first-order valence-corrected chi connectivity index (χ1v) is 6.23. The van der Waals surface area contributed by atoms with Crippen LogP contribution in [0.4, 0.5) is 0 Å². The first-order valence-electron chi connectivity index (χ1n) is 5.85. The van der Waals surface area contributed by atoms with Crippen molar-refractivity contribution in [3.63, 3.8) is 0 Å². The summed E-state index contributed by atoms with van der Waals surface area (Å²) in [6.45, 7) is 3.48. The molecule has 0 aliphatic heterocycles. The van der Waals surface area contributed by atoms with Crippen LogP contribution in [0, 0.1) is 0 Å². The number of halogens is 1. The second-order valence-corrected chi connectivity index (χ2v) is 5.53. The standard InChI is InChI=1S/C13H21ClN2O2/c1-13(18,9-16(2)3)8-15-7-10-4-5-12(17)11(14)6-10/h4-6,15,17-18H,7-9H2,1-3H3. The predicted molar refractivity (Wildman–Crippen MR) is 74.0 cm³/mol. The summed E-state index contributed by atoms with van der Waals surface area (Å²) >= 11 is 5.82. The van der Waals surface area contributed by atoms with Gasteiger partial charge in [0.15, 0.2) is 0 Å². The lowest BCUT2D eigenvalue weighted by Crippen LogP contribution is -2.45. The van der Waals surface area contributed by atoms with E-state index in [0.29, 0.717) is 24.7 Å². The summed E-state index contributed by atoms with van der Waals surface area (Å²) in [5.74, 6) is 0.0834. The molecule has 1 aromatic rings. The number of rotatable bonds is 6. The number of benzene rings is 1. The molecule has 3 N–H and O–H groups in total. The molecule has 0 aliphatic rings. The predicted octanol–water partition coefficient (Wildman–Crippen LogP) is 1.45. The van der Waals surface area contributed by atoms with Crippen molar-refractivity contribution in [2.45, 2.75) is 19.1 Å². The topological polar surface area (TPSA) is 55.7 Å². The number of aromatic hydroxyl groups is 1. The molecule has 102 valence electrons. The van der Waals surface area contributed by atoms with E-state index in [1.807, 2.05) is 19.0 Å². The van der Waals surface area contributed by atoms with Gasteiger partial charge >= 0.3 is 0 Å². The number of hydrogen-bond donors (Lipinski definition) is 3. The average Bonchev–Trinajstić information content (AvgIpc) is 2.21. The quantitative estimate of drug-likeness (QED) is 0.734. The second-order valence-electron chi connectivity index (χ2n) is 5.12. The van der Waals surface area contributed by atoms with Crippen molar-refractivity contribution in [3.8, 4) is 5.75 Å². The van der Waals surface area contributed by atoms with Gasteiger partial charge in [-0.1, -0.05) is 17.7 Å². The number of likely N-dealkylation sites (N-methyl/N-ethyl adjacent to an activating group) is 1. The Morgan fingerprint density at radius 1 is 1.39 bits per heavy atom. The van der Waals surface area contributed by atoms with E-state index in [0.717, 1.165) is 5.56 Å². The van der Waals surface area contributed by atoms with Crippen LogP contribution in [-0.4, -0.2) is 47.9 Å². The van der Waals surface area contributed by atoms with Crippen LogP contribution in [0.2, 0.25) is 5.02 Å². The van der Waals surface area contributed by atoms with Crippen LogP contribution in [0.15, 0.2) is 18.2 Å². The molecule has 1 aromatic carbocycles. The SMILES string of the molecule is CN(C)CC(C)(O)CNCc1ccc(O)c(Cl)c1. The van der Waals surface area contributed by atoms with Gasteiger partial charge < -0.3 is 20.4 Å². The van der Waals surface area contributed by atoms with Crippen LogP contribution in [0.25, 0.3) is 0 Å². The van der Waals surface area contributed by atoms with Crippen molar-refractivity contribution in [2.24, 2.45) is 0 Å². The van der Waals surface area contributed by atoms with Gasteiger partial charge in [-0.25, -0.2) is 0 Å². The normalized spacial score (nSPS) is 14.8. The van der Waals surface area contributed by atoms with Gasteiger partial charge in [0.05, 0.1) is 10.6 Å². The molecular weight excluding hydrogens is 252 g/mol. The van der Waals surface area contributed by atoms with E-state index in [4.69, 9.17) is 11.6 Å². The van der Waals surface area contributed by atoms with E-state index in [1.165, 1.54) is 0 Å². The van der Waals surface area contributed by atoms with E-state index < -0.39 is 5.60 Å². The van der Waals surface area contributed by atoms with Gasteiger partial charge in [-0.15, -0.1) is 0 Å². The van der Waals surface area contributed by atoms with E-state index in [-0.39, 0.29) is 5.75 Å². The lowest BCUT2D eigenvalue weighted by atomic mass is 10.1. The fraction of sp³-hybridized carbons (Fsp3) is 0.538. The van der Waals surface area contributed by atoms with Gasteiger partial charge in [-0.05, 0) is 38.7 Å². The van der Waals surface area contributed by atoms with Gasteiger partial charge in [-0.3, -0.25) is 0 Å². The minimum atomic E-state index is -0.774. The summed E-state index contributed by atoms with van der Waals surface area (Å²) in [7, 11) is 3.85. The third-order valence-corrected chi connectivity index (χ3v) is 2.81. The molecule has 4 nitrogen and oxygen atoms in total. The molecule has 5 heteroatoms. The molecule has 0 aromatic heterocycles. The Balaban J connectivity index is 2.43. The summed E-state index contributed by atoms with van der Waals surface area (Å²) < 4.78 is 0. The summed E-state index contributed by atoms with van der Waals surface area (Å²) in [6, 6.07) is 5.08. The van der Waals surface area contributed by atoms with Gasteiger partial charge in [0.1, 0.15) is 5.75 Å². The fourth-order valence-corrected chi connectivity index (χ4v) is 2.08. The molecule has 18 heavy (non-hydrogen) atoms. The molecule has 1 atom stereocenters. The van der Waals surface area contributed by atoms with Gasteiger partial charge in [0.25, 0.3) is 0 Å². The highest BCUT2D eigenvalue weighted by Crippen LogP contribution is 2.23. The molecular formula is C13H21ClN2O2. The average molecular weight is 273 g/mol. The van der Waals surface area contributed by atoms with Crippen molar-refractivity contribution in [2.75, 3.05) is 27.2 Å². The zero-order valence-electron chi connectivity index (χ0n) is 11.1. The van der Waals surface area contributed by atoms with Crippen molar-refractivity contribution < 1.29 is 10.2 Å². The van der Waals surface area contributed by atoms with E-state index >= 15 is 0 Å². The van der Waals surface area contributed by atoms with Crippen molar-refractivity contribution in [1.29, 1.82) is 0 Å².